The first-order valence-corrected chi connectivity index (χ1v) is 6.12. The largest absolute Gasteiger partial charge is 0.356 e. The summed E-state index contributed by atoms with van der Waals surface area (Å²) in [6, 6.07) is 9.84. The SMILES string of the molecule is Cc1cccc(CNC(=O)c2cc(Br)c[nH]2)c1. The first-order chi connectivity index (χ1) is 8.15. The molecule has 2 rings (SSSR count). The van der Waals surface area contributed by atoms with E-state index >= 15 is 0 Å². The van der Waals surface area contributed by atoms with Crippen molar-refractivity contribution >= 4 is 21.8 Å². The van der Waals surface area contributed by atoms with Gasteiger partial charge in [0.1, 0.15) is 5.69 Å². The number of aromatic nitrogens is 1. The van der Waals surface area contributed by atoms with Crippen molar-refractivity contribution in [3.63, 3.8) is 0 Å². The normalized spacial score (nSPS) is 10.2. The van der Waals surface area contributed by atoms with Crippen LogP contribution in [0.25, 0.3) is 0 Å². The van der Waals surface area contributed by atoms with E-state index in [0.29, 0.717) is 12.2 Å². The van der Waals surface area contributed by atoms with Crippen molar-refractivity contribution < 1.29 is 4.79 Å². The number of carbonyl (C=O) groups is 1. The number of hydrogen-bond acceptors (Lipinski definition) is 1. The molecule has 0 spiro atoms. The van der Waals surface area contributed by atoms with Gasteiger partial charge in [-0.25, -0.2) is 0 Å². The molecule has 0 aliphatic heterocycles. The zero-order valence-corrected chi connectivity index (χ0v) is 11.0. The van der Waals surface area contributed by atoms with E-state index in [-0.39, 0.29) is 5.91 Å². The number of carbonyl (C=O) groups excluding carboxylic acids is 1. The van der Waals surface area contributed by atoms with E-state index in [2.05, 4.69) is 32.3 Å². The molecule has 1 aromatic carbocycles. The summed E-state index contributed by atoms with van der Waals surface area (Å²) in [5, 5.41) is 2.86. The van der Waals surface area contributed by atoms with Gasteiger partial charge in [0.2, 0.25) is 0 Å². The van der Waals surface area contributed by atoms with Crippen LogP contribution in [0.5, 0.6) is 0 Å². The van der Waals surface area contributed by atoms with Gasteiger partial charge in [0.25, 0.3) is 5.91 Å². The summed E-state index contributed by atoms with van der Waals surface area (Å²) >= 11 is 3.29. The van der Waals surface area contributed by atoms with Gasteiger partial charge < -0.3 is 10.3 Å². The number of H-pyrrole nitrogens is 1. The van der Waals surface area contributed by atoms with Crippen molar-refractivity contribution in [3.05, 3.63) is 57.8 Å². The summed E-state index contributed by atoms with van der Waals surface area (Å²) in [6.45, 7) is 2.57. The molecule has 0 saturated carbocycles. The zero-order valence-electron chi connectivity index (χ0n) is 9.46. The number of benzene rings is 1. The molecule has 0 unspecified atom stereocenters. The first kappa shape index (κ1) is 11.9. The lowest BCUT2D eigenvalue weighted by molar-refractivity contribution is 0.0946. The van der Waals surface area contributed by atoms with Crippen LogP contribution in [0.2, 0.25) is 0 Å². The molecule has 4 heteroatoms. The standard InChI is InChI=1S/C13H13BrN2O/c1-9-3-2-4-10(5-9)7-16-13(17)12-6-11(14)8-15-12/h2-6,8,15H,7H2,1H3,(H,16,17). The number of amides is 1. The summed E-state index contributed by atoms with van der Waals surface area (Å²) in [6.07, 6.45) is 1.74. The zero-order chi connectivity index (χ0) is 12.3. The molecule has 17 heavy (non-hydrogen) atoms. The summed E-state index contributed by atoms with van der Waals surface area (Å²) in [7, 11) is 0. The maximum absolute atomic E-state index is 11.8. The highest BCUT2D eigenvalue weighted by molar-refractivity contribution is 9.10. The van der Waals surface area contributed by atoms with Crippen LogP contribution in [0, 0.1) is 6.92 Å². The predicted molar refractivity (Wildman–Crippen MR) is 70.8 cm³/mol. The van der Waals surface area contributed by atoms with E-state index in [4.69, 9.17) is 0 Å². The van der Waals surface area contributed by atoms with Crippen LogP contribution in [-0.2, 0) is 6.54 Å². The third-order valence-electron chi connectivity index (χ3n) is 2.43. The minimum Gasteiger partial charge on any atom is -0.356 e. The van der Waals surface area contributed by atoms with Gasteiger partial charge in [-0.1, -0.05) is 29.8 Å². The van der Waals surface area contributed by atoms with Crippen LogP contribution in [0.3, 0.4) is 0 Å². The number of aromatic amines is 1. The van der Waals surface area contributed by atoms with Gasteiger partial charge in [0.05, 0.1) is 0 Å². The summed E-state index contributed by atoms with van der Waals surface area (Å²) in [5.41, 5.74) is 2.85. The molecule has 88 valence electrons. The second-order valence-corrected chi connectivity index (χ2v) is 4.82. The third kappa shape index (κ3) is 3.20. The molecule has 2 aromatic rings. The van der Waals surface area contributed by atoms with Gasteiger partial charge in [-0.2, -0.15) is 0 Å². The van der Waals surface area contributed by atoms with Crippen molar-refractivity contribution in [2.24, 2.45) is 0 Å². The number of hydrogen-bond donors (Lipinski definition) is 2. The molecule has 0 atom stereocenters. The highest BCUT2D eigenvalue weighted by Crippen LogP contribution is 2.10. The van der Waals surface area contributed by atoms with E-state index in [9.17, 15) is 4.79 Å². The van der Waals surface area contributed by atoms with E-state index in [0.717, 1.165) is 10.0 Å². The fourth-order valence-electron chi connectivity index (χ4n) is 1.60. The minimum atomic E-state index is -0.0998. The molecule has 1 heterocycles. The number of halogens is 1. The Morgan fingerprint density at radius 2 is 2.24 bits per heavy atom. The van der Waals surface area contributed by atoms with Crippen molar-refractivity contribution in [1.82, 2.24) is 10.3 Å². The smallest absolute Gasteiger partial charge is 0.267 e. The van der Waals surface area contributed by atoms with Gasteiger partial charge in [-0.3, -0.25) is 4.79 Å². The Morgan fingerprint density at radius 3 is 2.88 bits per heavy atom. The van der Waals surface area contributed by atoms with Crippen LogP contribution in [0.4, 0.5) is 0 Å². The third-order valence-corrected chi connectivity index (χ3v) is 2.89. The summed E-state index contributed by atoms with van der Waals surface area (Å²) in [4.78, 5) is 14.6. The Morgan fingerprint density at radius 1 is 1.41 bits per heavy atom. The van der Waals surface area contributed by atoms with Crippen LogP contribution < -0.4 is 5.32 Å². The maximum atomic E-state index is 11.8. The summed E-state index contributed by atoms with van der Waals surface area (Å²) in [5.74, 6) is -0.0998. The summed E-state index contributed by atoms with van der Waals surface area (Å²) < 4.78 is 0.873. The lowest BCUT2D eigenvalue weighted by Gasteiger charge is -2.04. The second-order valence-electron chi connectivity index (χ2n) is 3.90. The Hall–Kier alpha value is -1.55. The maximum Gasteiger partial charge on any atom is 0.267 e. The average molecular weight is 293 g/mol. The van der Waals surface area contributed by atoms with Gasteiger partial charge in [-0.15, -0.1) is 0 Å². The molecular formula is C13H13BrN2O. The highest BCUT2D eigenvalue weighted by Gasteiger charge is 2.06. The number of nitrogens with one attached hydrogen (secondary N) is 2. The lowest BCUT2D eigenvalue weighted by Crippen LogP contribution is -2.23. The van der Waals surface area contributed by atoms with Crippen LogP contribution in [0.15, 0.2) is 41.0 Å². The van der Waals surface area contributed by atoms with E-state index in [1.807, 2.05) is 25.1 Å². The molecule has 3 nitrogen and oxygen atoms in total. The monoisotopic (exact) mass is 292 g/mol. The molecular weight excluding hydrogens is 280 g/mol. The molecule has 0 aliphatic carbocycles. The van der Waals surface area contributed by atoms with Gasteiger partial charge in [0.15, 0.2) is 0 Å². The Kier molecular flexibility index (Phi) is 3.64. The number of aryl methyl sites for hydroxylation is 1. The number of rotatable bonds is 3. The molecule has 0 fully saturated rings. The van der Waals surface area contributed by atoms with Crippen LogP contribution in [-0.4, -0.2) is 10.9 Å². The van der Waals surface area contributed by atoms with E-state index in [1.54, 1.807) is 12.3 Å². The van der Waals surface area contributed by atoms with Gasteiger partial charge >= 0.3 is 0 Å². The first-order valence-electron chi connectivity index (χ1n) is 5.33. The Balaban J connectivity index is 1.97. The van der Waals surface area contributed by atoms with Crippen LogP contribution >= 0.6 is 15.9 Å². The molecule has 0 bridgehead atoms. The van der Waals surface area contributed by atoms with Gasteiger partial charge in [-0.05, 0) is 34.5 Å². The molecule has 1 aromatic heterocycles. The second kappa shape index (κ2) is 5.19. The molecule has 1 amide bonds. The minimum absolute atomic E-state index is 0.0998. The Bertz CT molecular complexity index is 534. The molecule has 2 N–H and O–H groups in total. The topological polar surface area (TPSA) is 44.9 Å². The fraction of sp³-hybridized carbons (Fsp3) is 0.154. The van der Waals surface area contributed by atoms with E-state index < -0.39 is 0 Å². The van der Waals surface area contributed by atoms with Crippen molar-refractivity contribution in [1.29, 1.82) is 0 Å². The quantitative estimate of drug-likeness (QED) is 0.897. The highest BCUT2D eigenvalue weighted by atomic mass is 79.9. The molecule has 0 saturated heterocycles. The molecule has 0 aliphatic rings. The van der Waals surface area contributed by atoms with Crippen molar-refractivity contribution in [2.45, 2.75) is 13.5 Å². The van der Waals surface area contributed by atoms with Crippen LogP contribution in [0.1, 0.15) is 21.6 Å². The molecule has 0 radical (unpaired) electrons. The predicted octanol–water partition coefficient (Wildman–Crippen LogP) is 3.02. The lowest BCUT2D eigenvalue weighted by atomic mass is 10.1. The van der Waals surface area contributed by atoms with Crippen molar-refractivity contribution in [3.8, 4) is 0 Å². The van der Waals surface area contributed by atoms with Crippen molar-refractivity contribution in [2.75, 3.05) is 0 Å². The van der Waals surface area contributed by atoms with E-state index in [1.165, 1.54) is 5.56 Å². The van der Waals surface area contributed by atoms with Gasteiger partial charge in [0, 0.05) is 17.2 Å². The Labute approximate surface area is 108 Å². The average Bonchev–Trinajstić information content (AvgIpc) is 2.73. The fourth-order valence-corrected chi connectivity index (χ4v) is 1.94.